The number of carbonyl (C=O) groups is 1. The molecular weight excluding hydrogens is 416 g/mol. The van der Waals surface area contributed by atoms with Crippen LogP contribution in [0, 0.1) is 16.2 Å². The lowest BCUT2D eigenvalue weighted by Crippen LogP contribution is -2.32. The lowest BCUT2D eigenvalue weighted by molar-refractivity contribution is -0.123. The molecule has 1 aromatic carbocycles. The maximum absolute atomic E-state index is 13.1. The topological polar surface area (TPSA) is 110 Å². The first kappa shape index (κ1) is 23.0. The highest BCUT2D eigenvalue weighted by atomic mass is 32.2. The van der Waals surface area contributed by atoms with Gasteiger partial charge in [0.05, 0.1) is 17.4 Å². The molecule has 1 amide bonds. The molecule has 1 fully saturated rings. The van der Waals surface area contributed by atoms with Gasteiger partial charge in [-0.1, -0.05) is 34.6 Å². The Kier molecular flexibility index (Phi) is 5.77. The quantitative estimate of drug-likeness (QED) is 0.663. The molecule has 1 aromatic heterocycles. The number of nitrogens with one attached hydrogen (secondary N) is 2. The Labute approximate surface area is 183 Å². The first-order valence-electron chi connectivity index (χ1n) is 10.1. The van der Waals surface area contributed by atoms with Gasteiger partial charge in [0, 0.05) is 11.8 Å². The van der Waals surface area contributed by atoms with Crippen molar-refractivity contribution in [2.45, 2.75) is 52.4 Å². The zero-order chi connectivity index (χ0) is 23.1. The van der Waals surface area contributed by atoms with Gasteiger partial charge in [0.1, 0.15) is 0 Å². The number of carbonyl (C=O) groups excluding carboxylic acids is 1. The van der Waals surface area contributed by atoms with Crippen LogP contribution in [-0.4, -0.2) is 31.6 Å². The SMILES string of the molecule is COc1ccc(NS(=O)(=O)c2ccc(NC(=O)C3(CC(C)(C)C)CC3(C)C)cc2)nn1. The van der Waals surface area contributed by atoms with Gasteiger partial charge in [-0.15, -0.1) is 10.2 Å². The normalized spacial score (nSPS) is 20.1. The summed E-state index contributed by atoms with van der Waals surface area (Å²) >= 11 is 0. The van der Waals surface area contributed by atoms with Crippen LogP contribution in [0.1, 0.15) is 47.5 Å². The van der Waals surface area contributed by atoms with E-state index in [1.54, 1.807) is 12.1 Å². The summed E-state index contributed by atoms with van der Waals surface area (Å²) in [4.78, 5) is 13.2. The second-order valence-corrected chi connectivity index (χ2v) is 11.6. The van der Waals surface area contributed by atoms with Gasteiger partial charge in [-0.2, -0.15) is 0 Å². The van der Waals surface area contributed by atoms with Gasteiger partial charge in [0.2, 0.25) is 11.8 Å². The number of methoxy groups -OCH3 is 1. The van der Waals surface area contributed by atoms with Crippen LogP contribution >= 0.6 is 0 Å². The number of rotatable bonds is 7. The number of benzene rings is 1. The van der Waals surface area contributed by atoms with Crippen molar-refractivity contribution >= 4 is 27.4 Å². The van der Waals surface area contributed by atoms with E-state index in [9.17, 15) is 13.2 Å². The Morgan fingerprint density at radius 2 is 1.71 bits per heavy atom. The standard InChI is InChI=1S/C22H30N4O4S/c1-20(2,3)13-22(14-21(22,4)5)19(27)23-15-7-9-16(10-8-15)31(28,29)26-17-11-12-18(30-6)25-24-17/h7-12H,13-14H2,1-6H3,(H,23,27)(H,24,26). The van der Waals surface area contributed by atoms with Crippen molar-refractivity contribution in [2.75, 3.05) is 17.1 Å². The summed E-state index contributed by atoms with van der Waals surface area (Å²) in [6.07, 6.45) is 1.63. The maximum atomic E-state index is 13.1. The second kappa shape index (κ2) is 7.78. The van der Waals surface area contributed by atoms with E-state index in [1.165, 1.54) is 31.4 Å². The predicted octanol–water partition coefficient (Wildman–Crippen LogP) is 4.08. The molecule has 0 radical (unpaired) electrons. The maximum Gasteiger partial charge on any atom is 0.263 e. The van der Waals surface area contributed by atoms with Gasteiger partial charge in [-0.25, -0.2) is 8.42 Å². The molecule has 1 unspecified atom stereocenters. The molecule has 0 spiro atoms. The third-order valence-corrected chi connectivity index (χ3v) is 7.06. The van der Waals surface area contributed by atoms with Crippen LogP contribution in [-0.2, 0) is 14.8 Å². The monoisotopic (exact) mass is 446 g/mol. The predicted molar refractivity (Wildman–Crippen MR) is 119 cm³/mol. The lowest BCUT2D eigenvalue weighted by atomic mass is 9.78. The second-order valence-electron chi connectivity index (χ2n) is 9.93. The van der Waals surface area contributed by atoms with Gasteiger partial charge in [0.15, 0.2) is 5.82 Å². The fraction of sp³-hybridized carbons (Fsp3) is 0.500. The molecule has 0 bridgehead atoms. The molecule has 1 saturated carbocycles. The molecule has 0 saturated heterocycles. The zero-order valence-corrected chi connectivity index (χ0v) is 19.6. The van der Waals surface area contributed by atoms with Crippen molar-refractivity contribution < 1.29 is 17.9 Å². The van der Waals surface area contributed by atoms with Crippen molar-refractivity contribution in [1.29, 1.82) is 0 Å². The number of nitrogens with zero attached hydrogens (tertiary/aromatic N) is 2. The molecule has 2 N–H and O–H groups in total. The molecule has 31 heavy (non-hydrogen) atoms. The Morgan fingerprint density at radius 3 is 2.16 bits per heavy atom. The summed E-state index contributed by atoms with van der Waals surface area (Å²) in [5.74, 6) is 0.346. The molecule has 168 valence electrons. The Morgan fingerprint density at radius 1 is 1.10 bits per heavy atom. The number of hydrogen-bond donors (Lipinski definition) is 2. The number of anilines is 2. The molecule has 9 heteroatoms. The first-order chi connectivity index (χ1) is 14.3. The summed E-state index contributed by atoms with van der Waals surface area (Å²) in [6.45, 7) is 10.6. The summed E-state index contributed by atoms with van der Waals surface area (Å²) in [5, 5.41) is 10.5. The van der Waals surface area contributed by atoms with E-state index in [2.05, 4.69) is 54.9 Å². The highest BCUT2D eigenvalue weighted by molar-refractivity contribution is 7.92. The van der Waals surface area contributed by atoms with Crippen molar-refractivity contribution in [2.24, 2.45) is 16.2 Å². The number of aromatic nitrogens is 2. The van der Waals surface area contributed by atoms with Gasteiger partial charge in [0.25, 0.3) is 10.0 Å². The fourth-order valence-corrected chi connectivity index (χ4v) is 5.03. The molecule has 8 nitrogen and oxygen atoms in total. The van der Waals surface area contributed by atoms with Crippen LogP contribution in [0.4, 0.5) is 11.5 Å². The number of amides is 1. The molecule has 2 aromatic rings. The molecule has 1 aliphatic rings. The summed E-state index contributed by atoms with van der Waals surface area (Å²) < 4.78 is 32.5. The number of hydrogen-bond acceptors (Lipinski definition) is 6. The van der Waals surface area contributed by atoms with Crippen LogP contribution in [0.15, 0.2) is 41.3 Å². The average Bonchev–Trinajstić information content (AvgIpc) is 3.22. The highest BCUT2D eigenvalue weighted by Crippen LogP contribution is 2.68. The van der Waals surface area contributed by atoms with E-state index in [4.69, 9.17) is 4.74 Å². The van der Waals surface area contributed by atoms with Crippen LogP contribution in [0.5, 0.6) is 5.88 Å². The smallest absolute Gasteiger partial charge is 0.263 e. The van der Waals surface area contributed by atoms with Crippen molar-refractivity contribution in [1.82, 2.24) is 10.2 Å². The molecular formula is C22H30N4O4S. The van der Waals surface area contributed by atoms with Crippen molar-refractivity contribution in [3.8, 4) is 5.88 Å². The summed E-state index contributed by atoms with van der Waals surface area (Å²) in [6, 6.07) is 9.05. The summed E-state index contributed by atoms with van der Waals surface area (Å²) in [7, 11) is -2.40. The minimum atomic E-state index is -3.84. The number of sulfonamides is 1. The Hall–Kier alpha value is -2.68. The van der Waals surface area contributed by atoms with Crippen LogP contribution in [0.25, 0.3) is 0 Å². The Bertz CT molecular complexity index is 1060. The zero-order valence-electron chi connectivity index (χ0n) is 18.8. The third kappa shape index (κ3) is 4.98. The van der Waals surface area contributed by atoms with E-state index >= 15 is 0 Å². The molecule has 0 aliphatic heterocycles. The minimum Gasteiger partial charge on any atom is -0.480 e. The summed E-state index contributed by atoms with van der Waals surface area (Å²) in [5.41, 5.74) is 0.116. The van der Waals surface area contributed by atoms with Crippen LogP contribution in [0.3, 0.4) is 0 Å². The van der Waals surface area contributed by atoms with Gasteiger partial charge in [-0.3, -0.25) is 9.52 Å². The highest BCUT2D eigenvalue weighted by Gasteiger charge is 2.66. The lowest BCUT2D eigenvalue weighted by Gasteiger charge is -2.28. The Balaban J connectivity index is 1.71. The molecule has 3 rings (SSSR count). The van der Waals surface area contributed by atoms with Crippen molar-refractivity contribution in [3.05, 3.63) is 36.4 Å². The van der Waals surface area contributed by atoms with Crippen molar-refractivity contribution in [3.63, 3.8) is 0 Å². The molecule has 1 aliphatic carbocycles. The van der Waals surface area contributed by atoms with E-state index in [-0.39, 0.29) is 33.3 Å². The fourth-order valence-electron chi connectivity index (χ4n) is 4.03. The van der Waals surface area contributed by atoms with Gasteiger partial charge < -0.3 is 10.1 Å². The third-order valence-electron chi connectivity index (χ3n) is 5.69. The minimum absolute atomic E-state index is 0.0188. The number of ether oxygens (including phenoxy) is 1. The average molecular weight is 447 g/mol. The van der Waals surface area contributed by atoms with Crippen LogP contribution < -0.4 is 14.8 Å². The van der Waals surface area contributed by atoms with E-state index in [0.29, 0.717) is 5.69 Å². The van der Waals surface area contributed by atoms with Gasteiger partial charge in [-0.05, 0) is 54.0 Å². The molecule has 1 heterocycles. The largest absolute Gasteiger partial charge is 0.480 e. The molecule has 1 atom stereocenters. The van der Waals surface area contributed by atoms with Crippen LogP contribution in [0.2, 0.25) is 0 Å². The first-order valence-corrected chi connectivity index (χ1v) is 11.6. The van der Waals surface area contributed by atoms with E-state index < -0.39 is 15.4 Å². The van der Waals surface area contributed by atoms with Gasteiger partial charge >= 0.3 is 0 Å². The van der Waals surface area contributed by atoms with E-state index in [0.717, 1.165) is 12.8 Å². The van der Waals surface area contributed by atoms with E-state index in [1.807, 2.05) is 0 Å².